The third-order valence-electron chi connectivity index (χ3n) is 5.81. The maximum Gasteiger partial charge on any atom is 0.169 e. The first-order valence-corrected chi connectivity index (χ1v) is 10.3. The first-order valence-electron chi connectivity index (χ1n) is 10.3. The summed E-state index contributed by atoms with van der Waals surface area (Å²) in [6, 6.07) is 23.4. The summed E-state index contributed by atoms with van der Waals surface area (Å²) < 4.78 is 0. The third kappa shape index (κ3) is 3.78. The minimum atomic E-state index is 0.0996. The van der Waals surface area contributed by atoms with Crippen molar-refractivity contribution in [2.75, 3.05) is 0 Å². The molecule has 0 atom stereocenters. The molecule has 0 radical (unpaired) electrons. The van der Waals surface area contributed by atoms with Gasteiger partial charge in [0.25, 0.3) is 0 Å². The molecule has 0 saturated heterocycles. The normalized spacial score (nSPS) is 11.6. The van der Waals surface area contributed by atoms with Crippen LogP contribution in [0.2, 0.25) is 0 Å². The smallest absolute Gasteiger partial charge is 0.169 e. The molecule has 0 amide bonds. The van der Waals surface area contributed by atoms with Crippen LogP contribution in [0.3, 0.4) is 0 Å². The number of rotatable bonds is 3. The van der Waals surface area contributed by atoms with Gasteiger partial charge in [0.15, 0.2) is 6.29 Å². The molecule has 0 saturated carbocycles. The summed E-state index contributed by atoms with van der Waals surface area (Å²) in [5, 5.41) is 1.95. The van der Waals surface area contributed by atoms with Crippen LogP contribution in [0.1, 0.15) is 48.0 Å². The number of hydrogen-bond donors (Lipinski definition) is 0. The summed E-state index contributed by atoms with van der Waals surface area (Å²) in [5.41, 5.74) is 8.45. The zero-order valence-electron chi connectivity index (χ0n) is 18.3. The van der Waals surface area contributed by atoms with Crippen molar-refractivity contribution in [3.8, 4) is 22.4 Å². The lowest BCUT2D eigenvalue weighted by molar-refractivity contribution is 0.112. The van der Waals surface area contributed by atoms with Crippen LogP contribution in [0.25, 0.3) is 33.2 Å². The van der Waals surface area contributed by atoms with E-state index in [2.05, 4.69) is 106 Å². The van der Waals surface area contributed by atoms with Crippen molar-refractivity contribution in [1.82, 2.24) is 4.98 Å². The topological polar surface area (TPSA) is 30.0 Å². The van der Waals surface area contributed by atoms with Gasteiger partial charge in [-0.05, 0) is 70.7 Å². The van der Waals surface area contributed by atoms with Crippen molar-refractivity contribution in [2.24, 2.45) is 0 Å². The second kappa shape index (κ2) is 7.53. The maximum atomic E-state index is 11.8. The SMILES string of the molecule is Cc1cc2cc(-c3cccc(-c4cccc(C(C)(C)C)c4)c3)nc(C=O)c2cc1C. The highest BCUT2D eigenvalue weighted by Gasteiger charge is 2.14. The van der Waals surface area contributed by atoms with Gasteiger partial charge in [0.05, 0.1) is 5.69 Å². The summed E-state index contributed by atoms with van der Waals surface area (Å²) >= 11 is 0. The van der Waals surface area contributed by atoms with Gasteiger partial charge < -0.3 is 0 Å². The van der Waals surface area contributed by atoms with Crippen LogP contribution >= 0.6 is 0 Å². The minimum absolute atomic E-state index is 0.0996. The Morgan fingerprint density at radius 1 is 0.767 bits per heavy atom. The van der Waals surface area contributed by atoms with Crippen LogP contribution in [0.4, 0.5) is 0 Å². The van der Waals surface area contributed by atoms with Gasteiger partial charge in [-0.1, -0.05) is 69.3 Å². The second-order valence-corrected chi connectivity index (χ2v) is 9.08. The summed E-state index contributed by atoms with van der Waals surface area (Å²) in [5.74, 6) is 0. The van der Waals surface area contributed by atoms with E-state index in [0.717, 1.165) is 33.9 Å². The molecule has 0 aliphatic rings. The number of fused-ring (bicyclic) bond motifs is 1. The number of pyridine rings is 1. The fraction of sp³-hybridized carbons (Fsp3) is 0.214. The van der Waals surface area contributed by atoms with E-state index in [0.29, 0.717) is 5.69 Å². The molecule has 30 heavy (non-hydrogen) atoms. The number of hydrogen-bond acceptors (Lipinski definition) is 2. The van der Waals surface area contributed by atoms with Crippen LogP contribution < -0.4 is 0 Å². The first kappa shape index (κ1) is 20.0. The molecule has 0 spiro atoms. The van der Waals surface area contributed by atoms with E-state index in [1.54, 1.807) is 0 Å². The average Bonchev–Trinajstić information content (AvgIpc) is 2.73. The van der Waals surface area contributed by atoms with Crippen LogP contribution in [0.15, 0.2) is 66.7 Å². The molecular formula is C28H27NO. The molecule has 2 heteroatoms. The summed E-state index contributed by atoms with van der Waals surface area (Å²) in [6.07, 6.45) is 0.858. The molecule has 2 nitrogen and oxygen atoms in total. The van der Waals surface area contributed by atoms with Crippen molar-refractivity contribution in [1.29, 1.82) is 0 Å². The molecule has 1 heterocycles. The summed E-state index contributed by atoms with van der Waals surface area (Å²) in [7, 11) is 0. The molecule has 0 N–H and O–H groups in total. The molecule has 0 aliphatic carbocycles. The zero-order valence-corrected chi connectivity index (χ0v) is 18.3. The highest BCUT2D eigenvalue weighted by molar-refractivity contribution is 5.99. The predicted octanol–water partition coefficient (Wildman–Crippen LogP) is 7.30. The molecule has 4 aromatic rings. The van der Waals surface area contributed by atoms with Gasteiger partial charge in [-0.25, -0.2) is 4.98 Å². The number of carbonyl (C=O) groups is 1. The lowest BCUT2D eigenvalue weighted by Crippen LogP contribution is -2.10. The largest absolute Gasteiger partial charge is 0.296 e. The lowest BCUT2D eigenvalue weighted by atomic mass is 9.85. The highest BCUT2D eigenvalue weighted by atomic mass is 16.1. The van der Waals surface area contributed by atoms with E-state index in [4.69, 9.17) is 0 Å². The van der Waals surface area contributed by atoms with Crippen molar-refractivity contribution < 1.29 is 4.79 Å². The summed E-state index contributed by atoms with van der Waals surface area (Å²) in [6.45, 7) is 10.8. The van der Waals surface area contributed by atoms with Crippen molar-refractivity contribution in [2.45, 2.75) is 40.0 Å². The Morgan fingerprint density at radius 3 is 2.10 bits per heavy atom. The fourth-order valence-electron chi connectivity index (χ4n) is 3.81. The maximum absolute atomic E-state index is 11.8. The molecule has 150 valence electrons. The molecule has 3 aromatic carbocycles. The molecule has 0 fully saturated rings. The van der Waals surface area contributed by atoms with Crippen LogP contribution in [0, 0.1) is 13.8 Å². The van der Waals surface area contributed by atoms with Crippen LogP contribution in [-0.2, 0) is 5.41 Å². The standard InChI is InChI=1S/C28H27NO/c1-18-12-23-16-26(29-27(17-30)25(23)13-19(18)2)22-10-6-8-20(14-22)21-9-7-11-24(15-21)28(3,4)5/h6-17H,1-5H3. The Balaban J connectivity index is 1.84. The molecule has 1 aromatic heterocycles. The molecule has 0 unspecified atom stereocenters. The Kier molecular flexibility index (Phi) is 5.03. The van der Waals surface area contributed by atoms with E-state index in [9.17, 15) is 4.79 Å². The fourth-order valence-corrected chi connectivity index (χ4v) is 3.81. The molecule has 4 rings (SSSR count). The first-order chi connectivity index (χ1) is 14.3. The third-order valence-corrected chi connectivity index (χ3v) is 5.81. The van der Waals surface area contributed by atoms with Gasteiger partial charge in [0.1, 0.15) is 5.69 Å². The van der Waals surface area contributed by atoms with E-state index in [-0.39, 0.29) is 5.41 Å². The van der Waals surface area contributed by atoms with Crippen LogP contribution in [0.5, 0.6) is 0 Å². The quantitative estimate of drug-likeness (QED) is 0.342. The van der Waals surface area contributed by atoms with Crippen LogP contribution in [-0.4, -0.2) is 11.3 Å². The average molecular weight is 394 g/mol. The molecule has 0 bridgehead atoms. The number of nitrogens with zero attached hydrogens (tertiary/aromatic N) is 1. The summed E-state index contributed by atoms with van der Waals surface area (Å²) in [4.78, 5) is 16.4. The Morgan fingerprint density at radius 2 is 1.40 bits per heavy atom. The number of aromatic nitrogens is 1. The number of aldehydes is 1. The number of carbonyl (C=O) groups excluding carboxylic acids is 1. The monoisotopic (exact) mass is 393 g/mol. The van der Waals surface area contributed by atoms with Gasteiger partial charge in [-0.15, -0.1) is 0 Å². The Hall–Kier alpha value is -3.26. The number of benzene rings is 3. The Labute approximate surface area is 178 Å². The second-order valence-electron chi connectivity index (χ2n) is 9.08. The van der Waals surface area contributed by atoms with Gasteiger partial charge in [-0.3, -0.25) is 4.79 Å². The van der Waals surface area contributed by atoms with Crippen molar-refractivity contribution in [3.05, 3.63) is 89.1 Å². The van der Waals surface area contributed by atoms with E-state index in [1.807, 2.05) is 0 Å². The predicted molar refractivity (Wildman–Crippen MR) is 126 cm³/mol. The molecular weight excluding hydrogens is 366 g/mol. The van der Waals surface area contributed by atoms with Gasteiger partial charge in [-0.2, -0.15) is 0 Å². The van der Waals surface area contributed by atoms with Crippen molar-refractivity contribution >= 4 is 17.1 Å². The van der Waals surface area contributed by atoms with E-state index >= 15 is 0 Å². The van der Waals surface area contributed by atoms with Gasteiger partial charge in [0.2, 0.25) is 0 Å². The van der Waals surface area contributed by atoms with Gasteiger partial charge in [0, 0.05) is 10.9 Å². The zero-order chi connectivity index (χ0) is 21.5. The molecule has 0 aliphatic heterocycles. The minimum Gasteiger partial charge on any atom is -0.296 e. The highest BCUT2D eigenvalue weighted by Crippen LogP contribution is 2.31. The van der Waals surface area contributed by atoms with Gasteiger partial charge >= 0.3 is 0 Å². The van der Waals surface area contributed by atoms with E-state index < -0.39 is 0 Å². The van der Waals surface area contributed by atoms with E-state index in [1.165, 1.54) is 22.3 Å². The number of aryl methyl sites for hydroxylation is 2. The lowest BCUT2D eigenvalue weighted by Gasteiger charge is -2.20. The Bertz CT molecular complexity index is 1260. The van der Waals surface area contributed by atoms with Crippen molar-refractivity contribution in [3.63, 3.8) is 0 Å².